The number of rotatable bonds is 3. The second-order valence-electron chi connectivity index (χ2n) is 8.48. The van der Waals surface area contributed by atoms with E-state index < -0.39 is 0 Å². The Morgan fingerprint density at radius 3 is 2.21 bits per heavy atom. The number of pyridine rings is 2. The molecule has 3 heterocycles. The molecule has 6 rings (SSSR count). The van der Waals surface area contributed by atoms with E-state index in [2.05, 4.69) is 113 Å². The summed E-state index contributed by atoms with van der Waals surface area (Å²) in [5.41, 5.74) is 11.0. The number of benzene rings is 3. The van der Waals surface area contributed by atoms with Gasteiger partial charge in [-0.2, -0.15) is 0 Å². The Morgan fingerprint density at radius 1 is 0.559 bits per heavy atom. The average Bonchev–Trinajstić information content (AvgIpc) is 3.06. The number of fused-ring (bicyclic) bond motifs is 2. The van der Waals surface area contributed by atoms with Crippen molar-refractivity contribution in [1.82, 2.24) is 9.97 Å². The molecule has 162 valence electrons. The lowest BCUT2D eigenvalue weighted by molar-refractivity contribution is 1.26. The Kier molecular flexibility index (Phi) is 5.00. The van der Waals surface area contributed by atoms with Gasteiger partial charge in [-0.15, -0.1) is 0 Å². The fraction of sp³-hybridized carbons (Fsp3) is 0.0323. The molecular weight excluding hydrogens is 414 g/mol. The van der Waals surface area contributed by atoms with E-state index in [0.29, 0.717) is 0 Å². The van der Waals surface area contributed by atoms with E-state index in [4.69, 9.17) is 0 Å². The van der Waals surface area contributed by atoms with E-state index in [9.17, 15) is 0 Å². The van der Waals surface area contributed by atoms with E-state index in [1.165, 1.54) is 11.1 Å². The molecule has 0 unspecified atom stereocenters. The van der Waals surface area contributed by atoms with Gasteiger partial charge >= 0.3 is 0 Å². The van der Waals surface area contributed by atoms with Crippen LogP contribution in [0.2, 0.25) is 0 Å². The van der Waals surface area contributed by atoms with Crippen LogP contribution in [-0.4, -0.2) is 9.97 Å². The maximum Gasteiger partial charge on any atom is 0.0705 e. The highest BCUT2D eigenvalue weighted by Gasteiger charge is 2.21. The van der Waals surface area contributed by atoms with E-state index in [0.717, 1.165) is 45.1 Å². The largest absolute Gasteiger partial charge is 0.309 e. The maximum atomic E-state index is 4.62. The summed E-state index contributed by atoms with van der Waals surface area (Å²) in [6.07, 6.45) is 8.10. The molecule has 2 aromatic heterocycles. The summed E-state index contributed by atoms with van der Waals surface area (Å²) >= 11 is 0. The monoisotopic (exact) mass is 437 g/mol. The standard InChI is InChI=1S/C31H23N3/c1-22-16-18-33-29(19-22)25-8-6-9-27(20-25)34-30-11-3-2-7-23(30)12-13-24-14-15-26(21-31(24)34)28-10-4-5-17-32-28/h2-21H,1H3. The zero-order chi connectivity index (χ0) is 22.9. The summed E-state index contributed by atoms with van der Waals surface area (Å²) in [5, 5.41) is 0. The predicted molar refractivity (Wildman–Crippen MR) is 141 cm³/mol. The summed E-state index contributed by atoms with van der Waals surface area (Å²) < 4.78 is 0. The van der Waals surface area contributed by atoms with E-state index >= 15 is 0 Å². The van der Waals surface area contributed by atoms with Gasteiger partial charge in [0.2, 0.25) is 0 Å². The average molecular weight is 438 g/mol. The van der Waals surface area contributed by atoms with Crippen molar-refractivity contribution in [1.29, 1.82) is 0 Å². The third kappa shape index (κ3) is 3.67. The van der Waals surface area contributed by atoms with Crippen LogP contribution in [0, 0.1) is 6.92 Å². The highest BCUT2D eigenvalue weighted by Crippen LogP contribution is 2.43. The van der Waals surface area contributed by atoms with E-state index in [1.54, 1.807) is 0 Å². The fourth-order valence-electron chi connectivity index (χ4n) is 4.49. The van der Waals surface area contributed by atoms with Crippen LogP contribution in [0.3, 0.4) is 0 Å². The fourth-order valence-corrected chi connectivity index (χ4v) is 4.49. The van der Waals surface area contributed by atoms with Crippen molar-refractivity contribution in [2.45, 2.75) is 6.92 Å². The Hall–Kier alpha value is -4.50. The molecule has 0 amide bonds. The smallest absolute Gasteiger partial charge is 0.0705 e. The molecule has 3 nitrogen and oxygen atoms in total. The van der Waals surface area contributed by atoms with Crippen LogP contribution in [0.5, 0.6) is 0 Å². The molecule has 0 bridgehead atoms. The van der Waals surface area contributed by atoms with Gasteiger partial charge in [0, 0.05) is 29.2 Å². The normalized spacial score (nSPS) is 12.1. The van der Waals surface area contributed by atoms with Crippen LogP contribution < -0.4 is 4.90 Å². The molecule has 3 aromatic carbocycles. The Balaban J connectivity index is 1.56. The van der Waals surface area contributed by atoms with Gasteiger partial charge in [-0.25, -0.2) is 0 Å². The van der Waals surface area contributed by atoms with Crippen molar-refractivity contribution < 1.29 is 0 Å². The van der Waals surface area contributed by atoms with Crippen molar-refractivity contribution in [3.63, 3.8) is 0 Å². The number of hydrogen-bond acceptors (Lipinski definition) is 3. The van der Waals surface area contributed by atoms with Crippen LogP contribution in [0.4, 0.5) is 17.1 Å². The van der Waals surface area contributed by atoms with Crippen molar-refractivity contribution in [2.24, 2.45) is 0 Å². The molecule has 0 fully saturated rings. The van der Waals surface area contributed by atoms with Crippen LogP contribution in [0.15, 0.2) is 109 Å². The molecule has 0 radical (unpaired) electrons. The molecule has 1 aliphatic rings. The van der Waals surface area contributed by atoms with E-state index in [1.807, 2.05) is 30.6 Å². The van der Waals surface area contributed by atoms with Gasteiger partial charge in [-0.05, 0) is 72.1 Å². The lowest BCUT2D eigenvalue weighted by Crippen LogP contribution is -2.12. The van der Waals surface area contributed by atoms with Crippen LogP contribution in [0.1, 0.15) is 16.7 Å². The van der Waals surface area contributed by atoms with E-state index in [-0.39, 0.29) is 0 Å². The summed E-state index contributed by atoms with van der Waals surface area (Å²) in [5.74, 6) is 0. The molecule has 3 heteroatoms. The number of aryl methyl sites for hydroxylation is 1. The topological polar surface area (TPSA) is 29.0 Å². The molecule has 34 heavy (non-hydrogen) atoms. The van der Waals surface area contributed by atoms with Crippen LogP contribution in [0.25, 0.3) is 34.7 Å². The second kappa shape index (κ2) is 8.45. The SMILES string of the molecule is Cc1ccnc(-c2cccc(N3c4ccccc4C=Cc4ccc(-c5ccccn5)cc43)c2)c1. The molecular formula is C31H23N3. The summed E-state index contributed by atoms with van der Waals surface area (Å²) in [4.78, 5) is 11.5. The highest BCUT2D eigenvalue weighted by molar-refractivity contribution is 5.95. The third-order valence-corrected chi connectivity index (χ3v) is 6.17. The van der Waals surface area contributed by atoms with Crippen molar-refractivity contribution in [3.8, 4) is 22.5 Å². The number of para-hydroxylation sites is 1. The third-order valence-electron chi connectivity index (χ3n) is 6.17. The first-order valence-corrected chi connectivity index (χ1v) is 11.4. The minimum atomic E-state index is 0.962. The quantitative estimate of drug-likeness (QED) is 0.280. The Bertz CT molecular complexity index is 1520. The minimum Gasteiger partial charge on any atom is -0.309 e. The molecule has 0 saturated carbocycles. The van der Waals surface area contributed by atoms with Crippen molar-refractivity contribution in [3.05, 3.63) is 126 Å². The molecule has 5 aromatic rings. The van der Waals surface area contributed by atoms with Gasteiger partial charge < -0.3 is 4.90 Å². The number of aromatic nitrogens is 2. The molecule has 0 N–H and O–H groups in total. The second-order valence-corrected chi connectivity index (χ2v) is 8.48. The molecule has 0 atom stereocenters. The zero-order valence-corrected chi connectivity index (χ0v) is 18.9. The molecule has 1 aliphatic heterocycles. The lowest BCUT2D eigenvalue weighted by atomic mass is 10.0. The maximum absolute atomic E-state index is 4.62. The first-order chi connectivity index (χ1) is 16.8. The molecule has 0 spiro atoms. The van der Waals surface area contributed by atoms with Gasteiger partial charge in [0.05, 0.1) is 22.8 Å². The molecule has 0 saturated heterocycles. The van der Waals surface area contributed by atoms with Gasteiger partial charge in [-0.3, -0.25) is 9.97 Å². The van der Waals surface area contributed by atoms with Gasteiger partial charge in [0.25, 0.3) is 0 Å². The number of nitrogens with zero attached hydrogens (tertiary/aromatic N) is 3. The van der Waals surface area contributed by atoms with Crippen LogP contribution >= 0.6 is 0 Å². The van der Waals surface area contributed by atoms with Gasteiger partial charge in [0.15, 0.2) is 0 Å². The first kappa shape index (κ1) is 20.1. The Morgan fingerprint density at radius 2 is 1.35 bits per heavy atom. The Labute approximate surface area is 199 Å². The van der Waals surface area contributed by atoms with Crippen LogP contribution in [-0.2, 0) is 0 Å². The lowest BCUT2D eigenvalue weighted by Gasteiger charge is -2.28. The minimum absolute atomic E-state index is 0.962. The summed E-state index contributed by atoms with van der Waals surface area (Å²) in [6.45, 7) is 2.10. The van der Waals surface area contributed by atoms with Gasteiger partial charge in [0.1, 0.15) is 0 Å². The van der Waals surface area contributed by atoms with Crippen molar-refractivity contribution in [2.75, 3.05) is 4.90 Å². The first-order valence-electron chi connectivity index (χ1n) is 11.4. The summed E-state index contributed by atoms with van der Waals surface area (Å²) in [7, 11) is 0. The molecule has 0 aliphatic carbocycles. The van der Waals surface area contributed by atoms with Crippen molar-refractivity contribution >= 4 is 29.2 Å². The zero-order valence-electron chi connectivity index (χ0n) is 18.9. The number of hydrogen-bond donors (Lipinski definition) is 0. The predicted octanol–water partition coefficient (Wildman–Crippen LogP) is 8.07. The van der Waals surface area contributed by atoms with Gasteiger partial charge in [-0.1, -0.05) is 60.7 Å². The summed E-state index contributed by atoms with van der Waals surface area (Å²) in [6, 6.07) is 33.9. The highest BCUT2D eigenvalue weighted by atomic mass is 15.1. The number of anilines is 3.